The first-order valence-corrected chi connectivity index (χ1v) is 8.96. The third-order valence-corrected chi connectivity index (χ3v) is 6.32. The first-order chi connectivity index (χ1) is 10.6. The van der Waals surface area contributed by atoms with E-state index >= 15 is 0 Å². The van der Waals surface area contributed by atoms with Crippen LogP contribution in [0.4, 0.5) is 0 Å². The van der Waals surface area contributed by atoms with Gasteiger partial charge >= 0.3 is 0 Å². The van der Waals surface area contributed by atoms with Gasteiger partial charge in [-0.3, -0.25) is 9.48 Å². The molecule has 4 saturated carbocycles. The van der Waals surface area contributed by atoms with Crippen molar-refractivity contribution in [3.05, 3.63) is 16.9 Å². The van der Waals surface area contributed by atoms with Crippen LogP contribution in [0.2, 0.25) is 5.02 Å². The fourth-order valence-electron chi connectivity index (χ4n) is 5.57. The number of carbonyl (C=O) groups is 1. The molecule has 22 heavy (non-hydrogen) atoms. The molecule has 1 amide bonds. The van der Waals surface area contributed by atoms with Gasteiger partial charge in [-0.1, -0.05) is 11.6 Å². The van der Waals surface area contributed by atoms with Gasteiger partial charge in [0.2, 0.25) is 0 Å². The second kappa shape index (κ2) is 5.26. The van der Waals surface area contributed by atoms with Crippen molar-refractivity contribution >= 4 is 17.5 Å². The lowest BCUT2D eigenvalue weighted by Gasteiger charge is -2.56. The summed E-state index contributed by atoms with van der Waals surface area (Å²) in [5, 5.41) is 7.85. The summed E-state index contributed by atoms with van der Waals surface area (Å²) in [5.74, 6) is 2.61. The van der Waals surface area contributed by atoms with Crippen LogP contribution < -0.4 is 5.32 Å². The number of aryl methyl sites for hydroxylation is 1. The summed E-state index contributed by atoms with van der Waals surface area (Å²) in [4.78, 5) is 12.4. The van der Waals surface area contributed by atoms with Crippen molar-refractivity contribution in [2.45, 2.75) is 52.0 Å². The van der Waals surface area contributed by atoms with Gasteiger partial charge in [-0.05, 0) is 68.6 Å². The Morgan fingerprint density at radius 1 is 1.32 bits per heavy atom. The number of hydrogen-bond acceptors (Lipinski definition) is 2. The molecule has 1 aromatic rings. The standard InChI is InChI=1S/C17H24ClN3O/c1-2-21-9-14(18)15(20-21)16(22)19-10-17-6-11-3-12(7-17)5-13(4-11)8-17/h9,11-13H,2-8,10H2,1H3,(H,19,22). The number of hydrogen-bond donors (Lipinski definition) is 1. The number of nitrogens with zero attached hydrogens (tertiary/aromatic N) is 2. The van der Waals surface area contributed by atoms with E-state index in [1.54, 1.807) is 10.9 Å². The Kier molecular flexibility index (Phi) is 3.48. The zero-order valence-corrected chi connectivity index (χ0v) is 13.9. The van der Waals surface area contributed by atoms with E-state index in [-0.39, 0.29) is 5.91 Å². The lowest BCUT2D eigenvalue weighted by atomic mass is 9.49. The van der Waals surface area contributed by atoms with E-state index in [9.17, 15) is 4.79 Å². The maximum absolute atomic E-state index is 12.4. The van der Waals surface area contributed by atoms with Crippen molar-refractivity contribution in [2.75, 3.05) is 6.54 Å². The van der Waals surface area contributed by atoms with Crippen LogP contribution in [-0.4, -0.2) is 22.2 Å². The quantitative estimate of drug-likeness (QED) is 0.922. The Bertz CT molecular complexity index is 559. The molecule has 0 aliphatic heterocycles. The van der Waals surface area contributed by atoms with Crippen LogP contribution in [0.3, 0.4) is 0 Å². The molecular weight excluding hydrogens is 298 g/mol. The van der Waals surface area contributed by atoms with Gasteiger partial charge in [0.15, 0.2) is 5.69 Å². The van der Waals surface area contributed by atoms with Gasteiger partial charge in [0.25, 0.3) is 5.91 Å². The SMILES string of the molecule is CCn1cc(Cl)c(C(=O)NCC23CC4CC(CC(C4)C2)C3)n1. The summed E-state index contributed by atoms with van der Waals surface area (Å²) < 4.78 is 1.71. The largest absolute Gasteiger partial charge is 0.350 e. The van der Waals surface area contributed by atoms with Gasteiger partial charge in [-0.25, -0.2) is 0 Å². The summed E-state index contributed by atoms with van der Waals surface area (Å²) in [5.41, 5.74) is 0.720. The number of aromatic nitrogens is 2. The van der Waals surface area contributed by atoms with Crippen LogP contribution in [0.1, 0.15) is 55.9 Å². The summed E-state index contributed by atoms with van der Waals surface area (Å²) in [6.45, 7) is 3.51. The zero-order valence-electron chi connectivity index (χ0n) is 13.1. The van der Waals surface area contributed by atoms with Crippen molar-refractivity contribution < 1.29 is 4.79 Å². The van der Waals surface area contributed by atoms with Gasteiger partial charge in [-0.15, -0.1) is 0 Å². The van der Waals surface area contributed by atoms with Gasteiger partial charge in [0, 0.05) is 19.3 Å². The molecule has 1 heterocycles. The molecule has 0 atom stereocenters. The molecule has 4 fully saturated rings. The molecule has 5 rings (SSSR count). The molecule has 0 saturated heterocycles. The Morgan fingerprint density at radius 3 is 2.41 bits per heavy atom. The van der Waals surface area contributed by atoms with Gasteiger partial charge < -0.3 is 5.32 Å². The third kappa shape index (κ3) is 2.45. The molecule has 4 nitrogen and oxygen atoms in total. The maximum Gasteiger partial charge on any atom is 0.273 e. The molecule has 4 aliphatic carbocycles. The minimum atomic E-state index is -0.118. The number of amides is 1. The minimum Gasteiger partial charge on any atom is -0.350 e. The Labute approximate surface area is 136 Å². The lowest BCUT2D eigenvalue weighted by Crippen LogP contribution is -2.51. The highest BCUT2D eigenvalue weighted by molar-refractivity contribution is 6.33. The van der Waals surface area contributed by atoms with Crippen LogP contribution in [0.15, 0.2) is 6.20 Å². The number of nitrogens with one attached hydrogen (secondary N) is 1. The van der Waals surface area contributed by atoms with Crippen molar-refractivity contribution in [2.24, 2.45) is 23.2 Å². The van der Waals surface area contributed by atoms with Crippen LogP contribution in [-0.2, 0) is 6.54 Å². The molecule has 0 spiro atoms. The molecule has 0 aromatic carbocycles. The third-order valence-electron chi connectivity index (χ3n) is 6.05. The van der Waals surface area contributed by atoms with E-state index in [0.717, 1.165) is 30.8 Å². The van der Waals surface area contributed by atoms with Gasteiger partial charge in [-0.2, -0.15) is 5.10 Å². The van der Waals surface area contributed by atoms with E-state index in [2.05, 4.69) is 10.4 Å². The average molecular weight is 322 g/mol. The first kappa shape index (κ1) is 14.6. The minimum absolute atomic E-state index is 0.118. The molecule has 1 N–H and O–H groups in total. The molecule has 5 heteroatoms. The maximum atomic E-state index is 12.4. The molecular formula is C17H24ClN3O. The normalized spacial score (nSPS) is 35.8. The summed E-state index contributed by atoms with van der Waals surface area (Å²) in [6.07, 6.45) is 9.92. The summed E-state index contributed by atoms with van der Waals surface area (Å²) in [7, 11) is 0. The van der Waals surface area contributed by atoms with Crippen molar-refractivity contribution in [3.8, 4) is 0 Å². The number of halogens is 1. The van der Waals surface area contributed by atoms with Crippen LogP contribution in [0, 0.1) is 23.2 Å². The highest BCUT2D eigenvalue weighted by atomic mass is 35.5. The second-order valence-corrected chi connectivity index (χ2v) is 8.19. The van der Waals surface area contributed by atoms with Crippen LogP contribution in [0.5, 0.6) is 0 Å². The van der Waals surface area contributed by atoms with Crippen LogP contribution >= 0.6 is 11.6 Å². The van der Waals surface area contributed by atoms with E-state index in [1.807, 2.05) is 6.92 Å². The van der Waals surface area contributed by atoms with Crippen molar-refractivity contribution in [1.29, 1.82) is 0 Å². The Hall–Kier alpha value is -1.03. The summed E-state index contributed by atoms with van der Waals surface area (Å²) >= 11 is 6.13. The molecule has 4 aliphatic rings. The van der Waals surface area contributed by atoms with E-state index in [1.165, 1.54) is 38.5 Å². The predicted molar refractivity (Wildman–Crippen MR) is 85.8 cm³/mol. The van der Waals surface area contributed by atoms with E-state index in [0.29, 0.717) is 16.1 Å². The monoisotopic (exact) mass is 321 g/mol. The number of rotatable bonds is 4. The predicted octanol–water partition coefficient (Wildman–Crippen LogP) is 3.50. The van der Waals surface area contributed by atoms with E-state index < -0.39 is 0 Å². The zero-order chi connectivity index (χ0) is 15.3. The molecule has 1 aromatic heterocycles. The second-order valence-electron chi connectivity index (χ2n) is 7.78. The van der Waals surface area contributed by atoms with Crippen molar-refractivity contribution in [3.63, 3.8) is 0 Å². The highest BCUT2D eigenvalue weighted by Crippen LogP contribution is 2.59. The average Bonchev–Trinajstić information content (AvgIpc) is 2.85. The summed E-state index contributed by atoms with van der Waals surface area (Å²) in [6, 6.07) is 0. The smallest absolute Gasteiger partial charge is 0.273 e. The molecule has 4 bridgehead atoms. The Balaban J connectivity index is 1.44. The fourth-order valence-corrected chi connectivity index (χ4v) is 5.81. The number of carbonyl (C=O) groups excluding carboxylic acids is 1. The fraction of sp³-hybridized carbons (Fsp3) is 0.765. The highest BCUT2D eigenvalue weighted by Gasteiger charge is 2.50. The molecule has 0 radical (unpaired) electrons. The topological polar surface area (TPSA) is 46.9 Å². The van der Waals surface area contributed by atoms with Gasteiger partial charge in [0.1, 0.15) is 0 Å². The van der Waals surface area contributed by atoms with Gasteiger partial charge in [0.05, 0.1) is 5.02 Å². The molecule has 120 valence electrons. The lowest BCUT2D eigenvalue weighted by molar-refractivity contribution is -0.0503. The van der Waals surface area contributed by atoms with Crippen molar-refractivity contribution in [1.82, 2.24) is 15.1 Å². The van der Waals surface area contributed by atoms with Crippen LogP contribution in [0.25, 0.3) is 0 Å². The first-order valence-electron chi connectivity index (χ1n) is 8.58. The molecule has 0 unspecified atom stereocenters. The van der Waals surface area contributed by atoms with E-state index in [4.69, 9.17) is 11.6 Å². The Morgan fingerprint density at radius 2 is 1.91 bits per heavy atom.